The van der Waals surface area contributed by atoms with Crippen LogP contribution >= 0.6 is 22.7 Å². The third kappa shape index (κ3) is 4.50. The van der Waals surface area contributed by atoms with E-state index < -0.39 is 9.84 Å². The highest BCUT2D eigenvalue weighted by atomic mass is 32.2. The minimum atomic E-state index is -3.34. The fourth-order valence-corrected chi connectivity index (χ4v) is 5.84. The number of hydrogen-bond acceptors (Lipinski definition) is 6. The standard InChI is InChI=1S/C20H16N2O2S3/c23-27(24,13-17-11-25-19(21-17)15-7-3-1-4-8-15)14-18-12-26-20(22-18)16-9-5-2-6-10-16/h1-12H,13-14H2. The maximum absolute atomic E-state index is 12.6. The average molecular weight is 413 g/mol. The van der Waals surface area contributed by atoms with Crippen LogP contribution < -0.4 is 0 Å². The lowest BCUT2D eigenvalue weighted by Crippen LogP contribution is -2.08. The van der Waals surface area contributed by atoms with Crippen LogP contribution in [0.2, 0.25) is 0 Å². The summed E-state index contributed by atoms with van der Waals surface area (Å²) in [5, 5.41) is 5.30. The molecule has 4 aromatic rings. The molecule has 4 rings (SSSR count). The Balaban J connectivity index is 1.47. The summed E-state index contributed by atoms with van der Waals surface area (Å²) in [6, 6.07) is 19.5. The SMILES string of the molecule is O=S(=O)(Cc1csc(-c2ccccc2)n1)Cc1csc(-c2ccccc2)n1. The van der Waals surface area contributed by atoms with E-state index in [4.69, 9.17) is 0 Å². The van der Waals surface area contributed by atoms with Gasteiger partial charge in [0.15, 0.2) is 9.84 Å². The molecule has 0 N–H and O–H groups in total. The van der Waals surface area contributed by atoms with Crippen molar-refractivity contribution in [3.8, 4) is 21.1 Å². The van der Waals surface area contributed by atoms with Gasteiger partial charge in [0.05, 0.1) is 22.9 Å². The number of thiazole rings is 2. The predicted molar refractivity (Wildman–Crippen MR) is 111 cm³/mol. The zero-order valence-electron chi connectivity index (χ0n) is 14.3. The summed E-state index contributed by atoms with van der Waals surface area (Å²) >= 11 is 2.92. The average Bonchev–Trinajstić information content (AvgIpc) is 3.32. The van der Waals surface area contributed by atoms with Gasteiger partial charge in [0.25, 0.3) is 0 Å². The topological polar surface area (TPSA) is 59.9 Å². The number of benzene rings is 2. The lowest BCUT2D eigenvalue weighted by molar-refractivity contribution is 0.593. The maximum Gasteiger partial charge on any atom is 0.161 e. The molecule has 0 saturated carbocycles. The quantitative estimate of drug-likeness (QED) is 0.445. The Morgan fingerprint density at radius 3 is 1.48 bits per heavy atom. The van der Waals surface area contributed by atoms with E-state index in [-0.39, 0.29) is 11.5 Å². The van der Waals surface area contributed by atoms with Crippen LogP contribution in [0.15, 0.2) is 71.4 Å². The fourth-order valence-electron chi connectivity index (χ4n) is 2.67. The molecule has 0 aliphatic carbocycles. The van der Waals surface area contributed by atoms with E-state index in [2.05, 4.69) is 9.97 Å². The summed E-state index contributed by atoms with van der Waals surface area (Å²) in [7, 11) is -3.34. The number of nitrogens with zero attached hydrogens (tertiary/aromatic N) is 2. The molecule has 136 valence electrons. The summed E-state index contributed by atoms with van der Waals surface area (Å²) < 4.78 is 25.2. The summed E-state index contributed by atoms with van der Waals surface area (Å²) in [5.41, 5.74) is 3.16. The molecule has 2 aromatic heterocycles. The number of sulfone groups is 1. The smallest absolute Gasteiger partial charge is 0.161 e. The Morgan fingerprint density at radius 2 is 1.07 bits per heavy atom. The first-order valence-electron chi connectivity index (χ1n) is 8.29. The van der Waals surface area contributed by atoms with Gasteiger partial charge in [-0.1, -0.05) is 60.7 Å². The van der Waals surface area contributed by atoms with Crippen LogP contribution in [0, 0.1) is 0 Å². The van der Waals surface area contributed by atoms with Gasteiger partial charge in [-0.05, 0) is 0 Å². The zero-order chi connectivity index (χ0) is 18.7. The highest BCUT2D eigenvalue weighted by Gasteiger charge is 2.18. The molecule has 0 amide bonds. The lowest BCUT2D eigenvalue weighted by Gasteiger charge is -2.00. The molecule has 0 unspecified atom stereocenters. The first-order valence-corrected chi connectivity index (χ1v) is 11.9. The Labute approximate surface area is 166 Å². The van der Waals surface area contributed by atoms with Crippen LogP contribution in [-0.2, 0) is 21.3 Å². The van der Waals surface area contributed by atoms with Gasteiger partial charge in [0, 0.05) is 21.9 Å². The largest absolute Gasteiger partial charge is 0.240 e. The normalized spacial score (nSPS) is 11.6. The molecule has 27 heavy (non-hydrogen) atoms. The van der Waals surface area contributed by atoms with Crippen LogP contribution in [0.3, 0.4) is 0 Å². The van der Waals surface area contributed by atoms with Gasteiger partial charge >= 0.3 is 0 Å². The summed E-state index contributed by atoms with van der Waals surface area (Å²) in [6.07, 6.45) is 0. The van der Waals surface area contributed by atoms with Crippen molar-refractivity contribution in [1.29, 1.82) is 0 Å². The highest BCUT2D eigenvalue weighted by Crippen LogP contribution is 2.26. The van der Waals surface area contributed by atoms with Gasteiger partial charge in [0.2, 0.25) is 0 Å². The van der Waals surface area contributed by atoms with Crippen LogP contribution in [-0.4, -0.2) is 18.4 Å². The molecule has 0 radical (unpaired) electrons. The molecule has 0 aliphatic heterocycles. The second-order valence-corrected chi connectivity index (χ2v) is 9.83. The van der Waals surface area contributed by atoms with E-state index in [1.54, 1.807) is 0 Å². The van der Waals surface area contributed by atoms with Crippen molar-refractivity contribution in [1.82, 2.24) is 9.97 Å². The molecule has 2 aromatic carbocycles. The van der Waals surface area contributed by atoms with Gasteiger partial charge in [-0.2, -0.15) is 0 Å². The summed E-state index contributed by atoms with van der Waals surface area (Å²) in [4.78, 5) is 8.96. The fraction of sp³-hybridized carbons (Fsp3) is 0.100. The second kappa shape index (κ2) is 7.72. The van der Waals surface area contributed by atoms with Crippen molar-refractivity contribution in [2.24, 2.45) is 0 Å². The highest BCUT2D eigenvalue weighted by molar-refractivity contribution is 7.89. The van der Waals surface area contributed by atoms with Crippen molar-refractivity contribution in [2.75, 3.05) is 0 Å². The molecule has 0 atom stereocenters. The first kappa shape index (κ1) is 18.0. The third-order valence-electron chi connectivity index (χ3n) is 3.88. The van der Waals surface area contributed by atoms with Gasteiger partial charge in [-0.3, -0.25) is 0 Å². The molecule has 0 bridgehead atoms. The van der Waals surface area contributed by atoms with Crippen LogP contribution in [0.25, 0.3) is 21.1 Å². The van der Waals surface area contributed by atoms with E-state index in [0.29, 0.717) is 11.4 Å². The Hall–Kier alpha value is -2.35. The molecule has 2 heterocycles. The van der Waals surface area contributed by atoms with Gasteiger partial charge in [0.1, 0.15) is 10.0 Å². The van der Waals surface area contributed by atoms with Crippen molar-refractivity contribution >= 4 is 32.5 Å². The van der Waals surface area contributed by atoms with E-state index in [0.717, 1.165) is 21.1 Å². The van der Waals surface area contributed by atoms with Crippen LogP contribution in [0.5, 0.6) is 0 Å². The van der Waals surface area contributed by atoms with Crippen LogP contribution in [0.4, 0.5) is 0 Å². The maximum atomic E-state index is 12.6. The molecule has 0 saturated heterocycles. The molecule has 0 aliphatic rings. The Kier molecular flexibility index (Phi) is 5.15. The minimum absolute atomic E-state index is 0.0749. The second-order valence-electron chi connectivity index (χ2n) is 6.05. The Bertz CT molecular complexity index is 1050. The molecule has 0 spiro atoms. The molecular weight excluding hydrogens is 396 g/mol. The van der Waals surface area contributed by atoms with Gasteiger partial charge in [-0.15, -0.1) is 22.7 Å². The summed E-state index contributed by atoms with van der Waals surface area (Å²) in [5.74, 6) is -0.150. The summed E-state index contributed by atoms with van der Waals surface area (Å²) in [6.45, 7) is 0. The van der Waals surface area contributed by atoms with Gasteiger partial charge in [-0.25, -0.2) is 18.4 Å². The van der Waals surface area contributed by atoms with E-state index in [9.17, 15) is 8.42 Å². The number of rotatable bonds is 6. The molecule has 7 heteroatoms. The lowest BCUT2D eigenvalue weighted by atomic mass is 10.2. The molecule has 4 nitrogen and oxygen atoms in total. The monoisotopic (exact) mass is 412 g/mol. The van der Waals surface area contributed by atoms with Crippen LogP contribution in [0.1, 0.15) is 11.4 Å². The number of aromatic nitrogens is 2. The zero-order valence-corrected chi connectivity index (χ0v) is 16.7. The number of hydrogen-bond donors (Lipinski definition) is 0. The third-order valence-corrected chi connectivity index (χ3v) is 7.23. The van der Waals surface area contributed by atoms with Crippen molar-refractivity contribution in [3.05, 3.63) is 82.8 Å². The minimum Gasteiger partial charge on any atom is -0.240 e. The van der Waals surface area contributed by atoms with Crippen molar-refractivity contribution in [3.63, 3.8) is 0 Å². The first-order chi connectivity index (χ1) is 13.1. The predicted octanol–water partition coefficient (Wildman–Crippen LogP) is 5.05. The van der Waals surface area contributed by atoms with E-state index in [1.807, 2.05) is 71.4 Å². The van der Waals surface area contributed by atoms with Crippen molar-refractivity contribution in [2.45, 2.75) is 11.5 Å². The van der Waals surface area contributed by atoms with E-state index >= 15 is 0 Å². The Morgan fingerprint density at radius 1 is 0.667 bits per heavy atom. The molecule has 0 fully saturated rings. The van der Waals surface area contributed by atoms with Crippen molar-refractivity contribution < 1.29 is 8.42 Å². The van der Waals surface area contributed by atoms with Gasteiger partial charge < -0.3 is 0 Å². The molecular formula is C20H16N2O2S3. The van der Waals surface area contributed by atoms with E-state index in [1.165, 1.54) is 22.7 Å².